The Kier molecular flexibility index (Phi) is 6.50. The lowest BCUT2D eigenvalue weighted by Gasteiger charge is -2.63. The van der Waals surface area contributed by atoms with Gasteiger partial charge >= 0.3 is 0 Å². The molecule has 9 heteroatoms. The van der Waals surface area contributed by atoms with Crippen LogP contribution in [0.2, 0.25) is 5.02 Å². The van der Waals surface area contributed by atoms with Gasteiger partial charge in [0.25, 0.3) is 0 Å². The second-order valence-electron chi connectivity index (χ2n) is 12.6. The standard InChI is InChI=1S/C30H33ClF3NO3S/c1-27-7-6-20(36)10-23(27)24(33)11-22-21-9-18-14-35(13-17-4-3-5-19(31)8-17)15-29(18,26(38)39-16-32)28(21,2)12-25(37)30(22,27)34/h3-8,10,18,21-22,24-25,37H,9,11-16H2,1-2H3/t18-,21-,22-,24-,25-,27-,28-,29+,30-/m0/s1. The number of halogens is 4. The van der Waals surface area contributed by atoms with Crippen LogP contribution in [-0.4, -0.2) is 57.9 Å². The number of hydrogen-bond acceptors (Lipinski definition) is 5. The van der Waals surface area contributed by atoms with Gasteiger partial charge in [-0.3, -0.25) is 14.5 Å². The Morgan fingerprint density at radius 3 is 2.74 bits per heavy atom. The van der Waals surface area contributed by atoms with Crippen LogP contribution in [-0.2, 0) is 16.1 Å². The zero-order valence-corrected chi connectivity index (χ0v) is 23.6. The summed E-state index contributed by atoms with van der Waals surface area (Å²) in [5.74, 6) is -1.80. The Balaban J connectivity index is 1.40. The fourth-order valence-corrected chi connectivity index (χ4v) is 10.4. The summed E-state index contributed by atoms with van der Waals surface area (Å²) in [5, 5.41) is 12.0. The number of hydrogen-bond donors (Lipinski definition) is 1. The summed E-state index contributed by atoms with van der Waals surface area (Å²) in [6.07, 6.45) is 1.21. The Morgan fingerprint density at radius 1 is 1.26 bits per heavy atom. The highest BCUT2D eigenvalue weighted by Crippen LogP contribution is 2.75. The average Bonchev–Trinajstić information content (AvgIpc) is 3.35. The van der Waals surface area contributed by atoms with Crippen LogP contribution in [0.1, 0.15) is 38.7 Å². The van der Waals surface area contributed by atoms with E-state index < -0.39 is 46.1 Å². The minimum Gasteiger partial charge on any atom is -0.390 e. The molecule has 0 amide bonds. The maximum atomic E-state index is 17.5. The van der Waals surface area contributed by atoms with E-state index in [0.29, 0.717) is 42.8 Å². The third kappa shape index (κ3) is 3.60. The highest BCUT2D eigenvalue weighted by atomic mass is 35.5. The zero-order valence-electron chi connectivity index (χ0n) is 22.0. The number of likely N-dealkylation sites (tertiary alicyclic amines) is 1. The van der Waals surface area contributed by atoms with Crippen molar-refractivity contribution >= 4 is 34.3 Å². The Hall–Kier alpha value is -1.61. The van der Waals surface area contributed by atoms with Gasteiger partial charge < -0.3 is 5.11 Å². The monoisotopic (exact) mass is 579 g/mol. The largest absolute Gasteiger partial charge is 0.390 e. The average molecular weight is 580 g/mol. The van der Waals surface area contributed by atoms with Crippen molar-refractivity contribution in [2.75, 3.05) is 19.1 Å². The smallest absolute Gasteiger partial charge is 0.199 e. The first kappa shape index (κ1) is 27.6. The lowest BCUT2D eigenvalue weighted by atomic mass is 9.43. The molecule has 210 valence electrons. The maximum absolute atomic E-state index is 17.5. The molecule has 0 aromatic heterocycles. The highest BCUT2D eigenvalue weighted by Gasteiger charge is 2.78. The first-order valence-electron chi connectivity index (χ1n) is 13.6. The number of aliphatic hydroxyl groups is 1. The van der Waals surface area contributed by atoms with E-state index in [9.17, 15) is 19.1 Å². The van der Waals surface area contributed by atoms with Crippen molar-refractivity contribution in [2.45, 2.75) is 57.6 Å². The van der Waals surface area contributed by atoms with Crippen molar-refractivity contribution < 1.29 is 27.9 Å². The Bertz CT molecular complexity index is 1290. The van der Waals surface area contributed by atoms with E-state index >= 15 is 8.78 Å². The molecule has 0 bridgehead atoms. The molecular weight excluding hydrogens is 547 g/mol. The Morgan fingerprint density at radius 2 is 2.03 bits per heavy atom. The molecule has 1 aromatic carbocycles. The number of thioether (sulfide) groups is 1. The molecule has 1 heterocycles. The first-order valence-corrected chi connectivity index (χ1v) is 14.9. The molecule has 1 N–H and O–H groups in total. The van der Waals surface area contributed by atoms with E-state index in [1.165, 1.54) is 18.2 Å². The van der Waals surface area contributed by atoms with Gasteiger partial charge in [-0.2, -0.15) is 0 Å². The molecular formula is C30H33ClF3NO3S. The third-order valence-corrected chi connectivity index (χ3v) is 12.0. The van der Waals surface area contributed by atoms with Crippen molar-refractivity contribution in [3.05, 3.63) is 58.7 Å². The molecule has 0 unspecified atom stereocenters. The molecule has 0 spiro atoms. The van der Waals surface area contributed by atoms with Gasteiger partial charge in [0.05, 0.1) is 11.5 Å². The number of nitrogens with zero attached hydrogens (tertiary/aromatic N) is 1. The van der Waals surface area contributed by atoms with Gasteiger partial charge in [0.15, 0.2) is 16.6 Å². The van der Waals surface area contributed by atoms with Crippen LogP contribution >= 0.6 is 23.4 Å². The fourth-order valence-electron chi connectivity index (χ4n) is 9.40. The first-order chi connectivity index (χ1) is 18.4. The van der Waals surface area contributed by atoms with Gasteiger partial charge in [0.2, 0.25) is 0 Å². The summed E-state index contributed by atoms with van der Waals surface area (Å²) in [6, 6.07) is 6.65. The van der Waals surface area contributed by atoms with Crippen LogP contribution in [0, 0.1) is 34.0 Å². The zero-order chi connectivity index (χ0) is 28.0. The number of carbonyl (C=O) groups excluding carboxylic acids is 2. The summed E-state index contributed by atoms with van der Waals surface area (Å²) in [7, 11) is 0. The number of carbonyl (C=O) groups is 2. The second kappa shape index (κ2) is 9.20. The van der Waals surface area contributed by atoms with Crippen molar-refractivity contribution in [1.29, 1.82) is 0 Å². The molecule has 0 radical (unpaired) electrons. The normalized spacial score (nSPS) is 44.8. The van der Waals surface area contributed by atoms with E-state index in [2.05, 4.69) is 4.90 Å². The number of ketones is 1. The number of alkyl halides is 3. The molecule has 39 heavy (non-hydrogen) atoms. The van der Waals surface area contributed by atoms with Crippen LogP contribution < -0.4 is 0 Å². The predicted octanol–water partition coefficient (Wildman–Crippen LogP) is 5.87. The molecule has 1 aliphatic heterocycles. The maximum Gasteiger partial charge on any atom is 0.199 e. The van der Waals surface area contributed by atoms with E-state index in [4.69, 9.17) is 11.6 Å². The summed E-state index contributed by atoms with van der Waals surface area (Å²) in [4.78, 5) is 28.1. The van der Waals surface area contributed by atoms with E-state index in [-0.39, 0.29) is 41.1 Å². The minimum absolute atomic E-state index is 0.00632. The third-order valence-electron chi connectivity index (χ3n) is 11.1. The summed E-state index contributed by atoms with van der Waals surface area (Å²) >= 11 is 6.84. The molecule has 6 rings (SSSR count). The summed E-state index contributed by atoms with van der Waals surface area (Å²) in [5.41, 5.74) is -4.44. The van der Waals surface area contributed by atoms with E-state index in [1.807, 2.05) is 25.1 Å². The van der Waals surface area contributed by atoms with Gasteiger partial charge in [-0.1, -0.05) is 48.5 Å². The van der Waals surface area contributed by atoms with Crippen LogP contribution in [0.15, 0.2) is 48.1 Å². The molecule has 4 nitrogen and oxygen atoms in total. The quantitative estimate of drug-likeness (QED) is 0.483. The molecule has 9 atom stereocenters. The van der Waals surface area contributed by atoms with Crippen molar-refractivity contribution in [3.63, 3.8) is 0 Å². The highest BCUT2D eigenvalue weighted by molar-refractivity contribution is 8.13. The van der Waals surface area contributed by atoms with Crippen LogP contribution in [0.4, 0.5) is 13.2 Å². The van der Waals surface area contributed by atoms with Crippen LogP contribution in [0.25, 0.3) is 0 Å². The number of allylic oxidation sites excluding steroid dienone is 4. The molecule has 1 aromatic rings. The molecule has 3 saturated carbocycles. The number of benzene rings is 1. The number of rotatable bonds is 4. The second-order valence-corrected chi connectivity index (χ2v) is 13.9. The lowest BCUT2D eigenvalue weighted by Crippen LogP contribution is -2.69. The van der Waals surface area contributed by atoms with Gasteiger partial charge in [-0.05, 0) is 78.9 Å². The molecule has 5 aliphatic rings. The Labute approximate surface area is 236 Å². The summed E-state index contributed by atoms with van der Waals surface area (Å²) < 4.78 is 46.9. The van der Waals surface area contributed by atoms with Gasteiger partial charge in [-0.15, -0.1) is 0 Å². The van der Waals surface area contributed by atoms with Crippen molar-refractivity contribution in [1.82, 2.24) is 4.90 Å². The lowest BCUT2D eigenvalue weighted by molar-refractivity contribution is -0.210. The van der Waals surface area contributed by atoms with Gasteiger partial charge in [0, 0.05) is 36.0 Å². The molecule has 1 saturated heterocycles. The van der Waals surface area contributed by atoms with Crippen LogP contribution in [0.5, 0.6) is 0 Å². The SMILES string of the molecule is C[C@]12C=CC(=O)C=C1[C@@H](F)C[C@H]1[C@@H]3C[C@H]4CN(Cc5cccc(Cl)c5)C[C@@]4(C(=O)SCF)[C@@]3(C)C[C@H](O)[C@@]12F. The molecule has 4 fully saturated rings. The summed E-state index contributed by atoms with van der Waals surface area (Å²) in [6.45, 7) is 4.99. The number of fused-ring (bicyclic) bond motifs is 7. The van der Waals surface area contributed by atoms with E-state index in [1.54, 1.807) is 13.0 Å². The fraction of sp³-hybridized carbons (Fsp3) is 0.600. The number of aliphatic hydroxyl groups excluding tert-OH is 1. The predicted molar refractivity (Wildman–Crippen MR) is 145 cm³/mol. The molecule has 4 aliphatic carbocycles. The van der Waals surface area contributed by atoms with Gasteiger partial charge in [0.1, 0.15) is 12.2 Å². The van der Waals surface area contributed by atoms with Crippen molar-refractivity contribution in [3.8, 4) is 0 Å². The van der Waals surface area contributed by atoms with E-state index in [0.717, 1.165) is 5.56 Å². The topological polar surface area (TPSA) is 57.6 Å². The van der Waals surface area contributed by atoms with Gasteiger partial charge in [-0.25, -0.2) is 13.2 Å². The minimum atomic E-state index is -2.20. The van der Waals surface area contributed by atoms with Crippen molar-refractivity contribution in [2.24, 2.45) is 34.0 Å². The van der Waals surface area contributed by atoms with Crippen LogP contribution in [0.3, 0.4) is 0 Å².